The van der Waals surface area contributed by atoms with Crippen LogP contribution in [0.3, 0.4) is 0 Å². The lowest BCUT2D eigenvalue weighted by molar-refractivity contribution is 0.408. The third-order valence-electron chi connectivity index (χ3n) is 3.62. The molecule has 2 rings (SSSR count). The Morgan fingerprint density at radius 1 is 1.30 bits per heavy atom. The van der Waals surface area contributed by atoms with E-state index in [2.05, 4.69) is 49.0 Å². The zero-order chi connectivity index (χ0) is 14.5. The van der Waals surface area contributed by atoms with Crippen molar-refractivity contribution >= 4 is 0 Å². The molecule has 1 aromatic carbocycles. The first-order valence-electron chi connectivity index (χ1n) is 7.16. The quantitative estimate of drug-likeness (QED) is 0.877. The van der Waals surface area contributed by atoms with Crippen molar-refractivity contribution < 1.29 is 4.74 Å². The number of aromatic nitrogens is 1. The van der Waals surface area contributed by atoms with Crippen molar-refractivity contribution in [2.75, 3.05) is 7.11 Å². The highest BCUT2D eigenvalue weighted by molar-refractivity contribution is 5.37. The summed E-state index contributed by atoms with van der Waals surface area (Å²) >= 11 is 0. The predicted molar refractivity (Wildman–Crippen MR) is 83.2 cm³/mol. The second kappa shape index (κ2) is 6.62. The second-order valence-electron chi connectivity index (χ2n) is 5.38. The molecule has 0 radical (unpaired) electrons. The maximum Gasteiger partial charge on any atom is 0.123 e. The van der Waals surface area contributed by atoms with Gasteiger partial charge in [0.2, 0.25) is 0 Å². The van der Waals surface area contributed by atoms with E-state index in [0.29, 0.717) is 0 Å². The largest absolute Gasteiger partial charge is 0.496 e. The fourth-order valence-corrected chi connectivity index (χ4v) is 2.38. The Morgan fingerprint density at radius 3 is 2.80 bits per heavy atom. The van der Waals surface area contributed by atoms with Gasteiger partial charge in [0.05, 0.1) is 13.7 Å². The second-order valence-corrected chi connectivity index (χ2v) is 5.38. The van der Waals surface area contributed by atoms with Gasteiger partial charge in [-0.3, -0.25) is 0 Å². The average Bonchev–Trinajstić information content (AvgIpc) is 2.86. The standard InChI is InChI=1S/C17H24N2O/c1-4-16(18)10-14-7-8-19(11-14)12-15-9-13(2)5-6-17(15)20-3/h5-9,11,16H,4,10,12,18H2,1-3H3. The Labute approximate surface area is 121 Å². The minimum atomic E-state index is 0.249. The first-order chi connectivity index (χ1) is 9.62. The summed E-state index contributed by atoms with van der Waals surface area (Å²) in [5, 5.41) is 0. The number of methoxy groups -OCH3 is 1. The van der Waals surface area contributed by atoms with E-state index in [0.717, 1.165) is 25.1 Å². The van der Waals surface area contributed by atoms with Crippen molar-refractivity contribution in [1.29, 1.82) is 0 Å². The summed E-state index contributed by atoms with van der Waals surface area (Å²) in [6, 6.07) is 8.68. The van der Waals surface area contributed by atoms with Crippen LogP contribution in [0.1, 0.15) is 30.0 Å². The molecule has 0 saturated heterocycles. The van der Waals surface area contributed by atoms with Crippen molar-refractivity contribution in [3.05, 3.63) is 53.3 Å². The molecule has 3 heteroatoms. The molecule has 0 aliphatic carbocycles. The summed E-state index contributed by atoms with van der Waals surface area (Å²) in [6.45, 7) is 5.05. The lowest BCUT2D eigenvalue weighted by Crippen LogP contribution is -2.21. The van der Waals surface area contributed by atoms with Gasteiger partial charge < -0.3 is 15.0 Å². The van der Waals surface area contributed by atoms with Crippen LogP contribution in [-0.4, -0.2) is 17.7 Å². The van der Waals surface area contributed by atoms with Crippen LogP contribution in [0.5, 0.6) is 5.75 Å². The van der Waals surface area contributed by atoms with Gasteiger partial charge in [-0.1, -0.05) is 24.6 Å². The van der Waals surface area contributed by atoms with E-state index in [-0.39, 0.29) is 6.04 Å². The van der Waals surface area contributed by atoms with E-state index < -0.39 is 0 Å². The van der Waals surface area contributed by atoms with Gasteiger partial charge in [0.1, 0.15) is 5.75 Å². The molecule has 1 heterocycles. The van der Waals surface area contributed by atoms with Crippen molar-refractivity contribution in [3.63, 3.8) is 0 Å². The Morgan fingerprint density at radius 2 is 2.10 bits per heavy atom. The van der Waals surface area contributed by atoms with Gasteiger partial charge in [-0.2, -0.15) is 0 Å². The summed E-state index contributed by atoms with van der Waals surface area (Å²) in [6.07, 6.45) is 6.24. The van der Waals surface area contributed by atoms with Gasteiger partial charge in [0, 0.05) is 24.0 Å². The number of hydrogen-bond acceptors (Lipinski definition) is 2. The summed E-state index contributed by atoms with van der Waals surface area (Å²) in [4.78, 5) is 0. The van der Waals surface area contributed by atoms with Crippen LogP contribution in [0, 0.1) is 6.92 Å². The smallest absolute Gasteiger partial charge is 0.123 e. The molecule has 1 aromatic heterocycles. The predicted octanol–water partition coefficient (Wildman–Crippen LogP) is 3.13. The molecule has 0 amide bonds. The number of aryl methyl sites for hydroxylation is 1. The van der Waals surface area contributed by atoms with Gasteiger partial charge in [0.25, 0.3) is 0 Å². The highest BCUT2D eigenvalue weighted by atomic mass is 16.5. The zero-order valence-corrected chi connectivity index (χ0v) is 12.6. The molecule has 1 unspecified atom stereocenters. The Bertz CT molecular complexity index is 560. The Balaban J connectivity index is 2.12. The van der Waals surface area contributed by atoms with Gasteiger partial charge in [0.15, 0.2) is 0 Å². The molecule has 2 N–H and O–H groups in total. The van der Waals surface area contributed by atoms with Crippen molar-refractivity contribution in [2.45, 2.75) is 39.3 Å². The molecule has 108 valence electrons. The van der Waals surface area contributed by atoms with Gasteiger partial charge in [-0.05, 0) is 37.5 Å². The van der Waals surface area contributed by atoms with Crippen LogP contribution < -0.4 is 10.5 Å². The fraction of sp³-hybridized carbons (Fsp3) is 0.412. The molecule has 0 saturated carbocycles. The molecule has 0 spiro atoms. The number of rotatable bonds is 6. The van der Waals surface area contributed by atoms with Crippen molar-refractivity contribution in [3.8, 4) is 5.75 Å². The molecule has 0 aliphatic rings. The summed E-state index contributed by atoms with van der Waals surface area (Å²) < 4.78 is 7.62. The summed E-state index contributed by atoms with van der Waals surface area (Å²) in [5.74, 6) is 0.941. The molecule has 20 heavy (non-hydrogen) atoms. The van der Waals surface area contributed by atoms with Crippen LogP contribution in [0.25, 0.3) is 0 Å². The minimum Gasteiger partial charge on any atom is -0.496 e. The van der Waals surface area contributed by atoms with Crippen molar-refractivity contribution in [1.82, 2.24) is 4.57 Å². The van der Waals surface area contributed by atoms with E-state index in [1.165, 1.54) is 16.7 Å². The Kier molecular flexibility index (Phi) is 4.85. The number of nitrogens with two attached hydrogens (primary N) is 1. The molecule has 3 nitrogen and oxygen atoms in total. The van der Waals surface area contributed by atoms with Gasteiger partial charge in [-0.15, -0.1) is 0 Å². The van der Waals surface area contributed by atoms with E-state index in [9.17, 15) is 0 Å². The first kappa shape index (κ1) is 14.7. The molecule has 2 aromatic rings. The van der Waals surface area contributed by atoms with Crippen LogP contribution in [-0.2, 0) is 13.0 Å². The van der Waals surface area contributed by atoms with Crippen molar-refractivity contribution in [2.24, 2.45) is 5.73 Å². The van der Waals surface area contributed by atoms with E-state index >= 15 is 0 Å². The highest BCUT2D eigenvalue weighted by Gasteiger charge is 2.06. The molecule has 0 aliphatic heterocycles. The molecule has 0 bridgehead atoms. The van der Waals surface area contributed by atoms with E-state index in [1.54, 1.807) is 7.11 Å². The maximum atomic E-state index is 6.00. The third kappa shape index (κ3) is 3.64. The lowest BCUT2D eigenvalue weighted by atomic mass is 10.1. The van der Waals surface area contributed by atoms with E-state index in [4.69, 9.17) is 10.5 Å². The number of ether oxygens (including phenoxy) is 1. The topological polar surface area (TPSA) is 40.2 Å². The minimum absolute atomic E-state index is 0.249. The zero-order valence-electron chi connectivity index (χ0n) is 12.6. The number of benzene rings is 1. The van der Waals surface area contributed by atoms with E-state index in [1.807, 2.05) is 6.07 Å². The SMILES string of the molecule is CCC(N)Cc1ccn(Cc2cc(C)ccc2OC)c1. The van der Waals surface area contributed by atoms with Gasteiger partial charge >= 0.3 is 0 Å². The fourth-order valence-electron chi connectivity index (χ4n) is 2.38. The van der Waals surface area contributed by atoms with Crippen LogP contribution >= 0.6 is 0 Å². The monoisotopic (exact) mass is 272 g/mol. The summed E-state index contributed by atoms with van der Waals surface area (Å²) in [5.41, 5.74) is 9.75. The molecule has 0 fully saturated rings. The summed E-state index contributed by atoms with van der Waals surface area (Å²) in [7, 11) is 1.72. The number of nitrogens with zero attached hydrogens (tertiary/aromatic N) is 1. The Hall–Kier alpha value is -1.74. The first-order valence-corrected chi connectivity index (χ1v) is 7.16. The van der Waals surface area contributed by atoms with Gasteiger partial charge in [-0.25, -0.2) is 0 Å². The third-order valence-corrected chi connectivity index (χ3v) is 3.62. The lowest BCUT2D eigenvalue weighted by Gasteiger charge is -2.10. The van der Waals surface area contributed by atoms with Crippen LogP contribution in [0.15, 0.2) is 36.7 Å². The van der Waals surface area contributed by atoms with Crippen LogP contribution in [0.4, 0.5) is 0 Å². The maximum absolute atomic E-state index is 6.00. The number of hydrogen-bond donors (Lipinski definition) is 1. The highest BCUT2D eigenvalue weighted by Crippen LogP contribution is 2.21. The molecular formula is C17H24N2O. The molecular weight excluding hydrogens is 248 g/mol. The molecule has 1 atom stereocenters. The average molecular weight is 272 g/mol. The van der Waals surface area contributed by atoms with Crippen LogP contribution in [0.2, 0.25) is 0 Å². The normalized spacial score (nSPS) is 12.4.